The molecule has 0 unspecified atom stereocenters. The number of aromatic amines is 1. The number of rotatable bonds is 4. The molecule has 0 spiro atoms. The van der Waals surface area contributed by atoms with E-state index < -0.39 is 11.9 Å². The number of aromatic nitrogens is 1. The van der Waals surface area contributed by atoms with Crippen molar-refractivity contribution in [1.82, 2.24) is 10.3 Å². The van der Waals surface area contributed by atoms with Crippen LogP contribution in [0.3, 0.4) is 0 Å². The maximum absolute atomic E-state index is 11.4. The van der Waals surface area contributed by atoms with E-state index in [1.165, 1.54) is 12.3 Å². The van der Waals surface area contributed by atoms with Gasteiger partial charge in [0.25, 0.3) is 5.91 Å². The van der Waals surface area contributed by atoms with E-state index in [0.29, 0.717) is 0 Å². The SMILES string of the molecule is CCOC(=O)CNC(=O)c1cc[nH]c(=O)c1. The van der Waals surface area contributed by atoms with Crippen molar-refractivity contribution in [2.75, 3.05) is 13.2 Å². The maximum Gasteiger partial charge on any atom is 0.325 e. The third-order valence-electron chi connectivity index (χ3n) is 1.74. The highest BCUT2D eigenvalue weighted by molar-refractivity contribution is 5.95. The van der Waals surface area contributed by atoms with E-state index in [0.717, 1.165) is 6.07 Å². The van der Waals surface area contributed by atoms with Crippen LogP contribution >= 0.6 is 0 Å². The Bertz CT molecular complexity index is 438. The standard InChI is InChI=1S/C10H12N2O4/c1-2-16-9(14)6-12-10(15)7-3-4-11-8(13)5-7/h3-5H,2,6H2,1H3,(H,11,13)(H,12,15). The van der Waals surface area contributed by atoms with Crippen LogP contribution in [0.1, 0.15) is 17.3 Å². The van der Waals surface area contributed by atoms with Gasteiger partial charge in [-0.1, -0.05) is 0 Å². The van der Waals surface area contributed by atoms with Crippen molar-refractivity contribution in [1.29, 1.82) is 0 Å². The molecular formula is C10H12N2O4. The minimum atomic E-state index is -0.513. The van der Waals surface area contributed by atoms with Crippen LogP contribution in [0.15, 0.2) is 23.1 Å². The molecule has 1 heterocycles. The summed E-state index contributed by atoms with van der Waals surface area (Å²) in [7, 11) is 0. The van der Waals surface area contributed by atoms with Crippen molar-refractivity contribution in [3.05, 3.63) is 34.2 Å². The minimum absolute atomic E-state index is 0.202. The van der Waals surface area contributed by atoms with Crippen LogP contribution in [0.25, 0.3) is 0 Å². The molecule has 0 aliphatic carbocycles. The summed E-state index contributed by atoms with van der Waals surface area (Å²) in [5, 5.41) is 2.34. The number of esters is 1. The molecule has 0 fully saturated rings. The van der Waals surface area contributed by atoms with Crippen LogP contribution in [0.4, 0.5) is 0 Å². The first kappa shape index (κ1) is 12.0. The largest absolute Gasteiger partial charge is 0.465 e. The van der Waals surface area contributed by atoms with Gasteiger partial charge in [0, 0.05) is 17.8 Å². The number of carbonyl (C=O) groups is 2. The van der Waals surface area contributed by atoms with Gasteiger partial charge in [0.2, 0.25) is 5.56 Å². The number of amides is 1. The molecule has 1 aromatic rings. The molecule has 1 aromatic heterocycles. The number of hydrogen-bond donors (Lipinski definition) is 2. The van der Waals surface area contributed by atoms with Gasteiger partial charge >= 0.3 is 5.97 Å². The molecule has 1 amide bonds. The van der Waals surface area contributed by atoms with Gasteiger partial charge < -0.3 is 15.0 Å². The Morgan fingerprint density at radius 1 is 1.50 bits per heavy atom. The second kappa shape index (κ2) is 5.69. The van der Waals surface area contributed by atoms with E-state index in [1.54, 1.807) is 6.92 Å². The fourth-order valence-corrected chi connectivity index (χ4v) is 1.05. The number of carbonyl (C=O) groups excluding carboxylic acids is 2. The fraction of sp³-hybridized carbons (Fsp3) is 0.300. The van der Waals surface area contributed by atoms with Crippen molar-refractivity contribution in [2.45, 2.75) is 6.92 Å². The van der Waals surface area contributed by atoms with Gasteiger partial charge in [-0.15, -0.1) is 0 Å². The lowest BCUT2D eigenvalue weighted by atomic mass is 10.2. The lowest BCUT2D eigenvalue weighted by Gasteiger charge is -2.04. The summed E-state index contributed by atoms with van der Waals surface area (Å²) in [6, 6.07) is 2.60. The summed E-state index contributed by atoms with van der Waals surface area (Å²) in [5.41, 5.74) is -0.170. The monoisotopic (exact) mass is 224 g/mol. The summed E-state index contributed by atoms with van der Waals surface area (Å²) in [6.07, 6.45) is 1.36. The summed E-state index contributed by atoms with van der Waals surface area (Å²) >= 11 is 0. The molecule has 0 aromatic carbocycles. The molecular weight excluding hydrogens is 212 g/mol. The number of nitrogens with one attached hydrogen (secondary N) is 2. The predicted octanol–water partition coefficient (Wildman–Crippen LogP) is -0.332. The average Bonchev–Trinajstić information content (AvgIpc) is 2.26. The predicted molar refractivity (Wildman–Crippen MR) is 56.0 cm³/mol. The Morgan fingerprint density at radius 3 is 2.88 bits per heavy atom. The molecule has 0 radical (unpaired) electrons. The van der Waals surface area contributed by atoms with Crippen molar-refractivity contribution in [2.24, 2.45) is 0 Å². The smallest absolute Gasteiger partial charge is 0.325 e. The number of H-pyrrole nitrogens is 1. The van der Waals surface area contributed by atoms with Gasteiger partial charge in [-0.25, -0.2) is 0 Å². The van der Waals surface area contributed by atoms with E-state index in [-0.39, 0.29) is 24.3 Å². The van der Waals surface area contributed by atoms with Gasteiger partial charge in [-0.05, 0) is 13.0 Å². The lowest BCUT2D eigenvalue weighted by Crippen LogP contribution is -2.31. The van der Waals surface area contributed by atoms with E-state index >= 15 is 0 Å². The first-order valence-electron chi connectivity index (χ1n) is 4.76. The van der Waals surface area contributed by atoms with Gasteiger partial charge in [0.15, 0.2) is 0 Å². The number of hydrogen-bond acceptors (Lipinski definition) is 4. The van der Waals surface area contributed by atoms with Gasteiger partial charge in [-0.3, -0.25) is 14.4 Å². The van der Waals surface area contributed by atoms with E-state index in [2.05, 4.69) is 15.0 Å². The molecule has 16 heavy (non-hydrogen) atoms. The topological polar surface area (TPSA) is 88.3 Å². The molecule has 6 heteroatoms. The molecule has 0 bridgehead atoms. The summed E-state index contributed by atoms with van der Waals surface area (Å²) in [6.45, 7) is 1.73. The molecule has 0 aliphatic rings. The van der Waals surface area contributed by atoms with Crippen LogP contribution in [-0.4, -0.2) is 30.0 Å². The van der Waals surface area contributed by atoms with E-state index in [4.69, 9.17) is 0 Å². The van der Waals surface area contributed by atoms with Crippen LogP contribution in [0.5, 0.6) is 0 Å². The van der Waals surface area contributed by atoms with Crippen LogP contribution in [0, 0.1) is 0 Å². The van der Waals surface area contributed by atoms with Crippen LogP contribution in [-0.2, 0) is 9.53 Å². The van der Waals surface area contributed by atoms with E-state index in [1.807, 2.05) is 0 Å². The van der Waals surface area contributed by atoms with Crippen molar-refractivity contribution < 1.29 is 14.3 Å². The number of pyridine rings is 1. The highest BCUT2D eigenvalue weighted by Crippen LogP contribution is 1.92. The molecule has 0 saturated heterocycles. The zero-order valence-corrected chi connectivity index (χ0v) is 8.78. The Balaban J connectivity index is 2.53. The fourth-order valence-electron chi connectivity index (χ4n) is 1.05. The summed E-state index contributed by atoms with van der Waals surface area (Å²) in [4.78, 5) is 35.7. The summed E-state index contributed by atoms with van der Waals surface area (Å²) in [5.74, 6) is -1.00. The molecule has 86 valence electrons. The lowest BCUT2D eigenvalue weighted by molar-refractivity contribution is -0.141. The van der Waals surface area contributed by atoms with E-state index in [9.17, 15) is 14.4 Å². The first-order valence-corrected chi connectivity index (χ1v) is 4.76. The normalized spacial score (nSPS) is 9.56. The Hall–Kier alpha value is -2.11. The second-order valence-corrected chi connectivity index (χ2v) is 2.93. The third-order valence-corrected chi connectivity index (χ3v) is 1.74. The molecule has 1 rings (SSSR count). The van der Waals surface area contributed by atoms with Crippen molar-refractivity contribution in [3.63, 3.8) is 0 Å². The van der Waals surface area contributed by atoms with Crippen LogP contribution in [0.2, 0.25) is 0 Å². The zero-order chi connectivity index (χ0) is 12.0. The quantitative estimate of drug-likeness (QED) is 0.685. The minimum Gasteiger partial charge on any atom is -0.465 e. The zero-order valence-electron chi connectivity index (χ0n) is 8.78. The molecule has 0 atom stereocenters. The third kappa shape index (κ3) is 3.56. The highest BCUT2D eigenvalue weighted by Gasteiger charge is 2.08. The molecule has 0 saturated carbocycles. The van der Waals surface area contributed by atoms with Crippen molar-refractivity contribution in [3.8, 4) is 0 Å². The highest BCUT2D eigenvalue weighted by atomic mass is 16.5. The van der Waals surface area contributed by atoms with Gasteiger partial charge in [0.1, 0.15) is 6.54 Å². The van der Waals surface area contributed by atoms with Crippen LogP contribution < -0.4 is 10.9 Å². The maximum atomic E-state index is 11.4. The second-order valence-electron chi connectivity index (χ2n) is 2.93. The Kier molecular flexibility index (Phi) is 4.26. The number of ether oxygens (including phenoxy) is 1. The van der Waals surface area contributed by atoms with Crippen molar-refractivity contribution >= 4 is 11.9 Å². The first-order chi connectivity index (χ1) is 7.63. The van der Waals surface area contributed by atoms with Gasteiger partial charge in [-0.2, -0.15) is 0 Å². The Morgan fingerprint density at radius 2 is 2.25 bits per heavy atom. The molecule has 6 nitrogen and oxygen atoms in total. The summed E-state index contributed by atoms with van der Waals surface area (Å²) < 4.78 is 4.63. The van der Waals surface area contributed by atoms with Gasteiger partial charge in [0.05, 0.1) is 6.61 Å². The Labute approximate surface area is 91.6 Å². The molecule has 0 aliphatic heterocycles. The molecule has 2 N–H and O–H groups in total. The average molecular weight is 224 g/mol.